The van der Waals surface area contributed by atoms with Crippen molar-refractivity contribution >= 4 is 162 Å². The molecule has 0 atom stereocenters. The number of hydrogen-bond acceptors (Lipinski definition) is 35. The fourth-order valence-electron chi connectivity index (χ4n) is 2.85. The Kier molecular flexibility index (Phi) is 101. The van der Waals surface area contributed by atoms with Gasteiger partial charge in [0.2, 0.25) is 0 Å². The van der Waals surface area contributed by atoms with Gasteiger partial charge in [0.15, 0.2) is 0 Å². The van der Waals surface area contributed by atoms with E-state index in [0.29, 0.717) is 42.5 Å². The third-order valence-corrected chi connectivity index (χ3v) is 5.84. The van der Waals surface area contributed by atoms with Gasteiger partial charge in [-0.2, -0.15) is 0 Å². The van der Waals surface area contributed by atoms with Crippen LogP contribution in [0, 0.1) is 0 Å². The first-order valence-electron chi connectivity index (χ1n) is 24.3. The molecule has 0 radical (unpaired) electrons. The monoisotopic (exact) mass is 1420 g/mol. The van der Waals surface area contributed by atoms with E-state index in [2.05, 4.69) is 47.4 Å². The summed E-state index contributed by atoms with van der Waals surface area (Å²) in [6, 6.07) is 0. The zero-order valence-corrected chi connectivity index (χ0v) is 58.4. The predicted octanol–water partition coefficient (Wildman–Crippen LogP) is -9.20. The molecule has 0 saturated carbocycles. The third-order valence-electron chi connectivity index (χ3n) is 5.84. The number of esters is 9. The van der Waals surface area contributed by atoms with Crippen LogP contribution in [-0.2, 0) is 148 Å². The van der Waals surface area contributed by atoms with E-state index < -0.39 is 107 Å². The molecule has 0 aromatic heterocycles. The van der Waals surface area contributed by atoms with Crippen LogP contribution >= 0.6 is 0 Å². The van der Waals surface area contributed by atoms with Crippen LogP contribution in [0.1, 0.15) is 58.2 Å². The summed E-state index contributed by atoms with van der Waals surface area (Å²) in [6.07, 6.45) is 12.6. The zero-order valence-electron chi connectivity index (χ0n) is 53.8. The van der Waals surface area contributed by atoms with Crippen molar-refractivity contribution in [3.63, 3.8) is 0 Å². The van der Waals surface area contributed by atoms with E-state index in [1.807, 2.05) is 5.73 Å². The molecule has 0 aliphatic heterocycles. The van der Waals surface area contributed by atoms with E-state index in [4.69, 9.17) is 5.11 Å². The van der Waals surface area contributed by atoms with Gasteiger partial charge in [-0.3, -0.25) is 0 Å². The van der Waals surface area contributed by atoms with Gasteiger partial charge in [0.1, 0.15) is 0 Å². The van der Waals surface area contributed by atoms with Crippen LogP contribution in [0.15, 0.2) is 115 Å². The smallest absolute Gasteiger partial charge is 0.608 e. The number of carbonyl (C=O) groups excluding carboxylic acids is 16. The number of carboxylic acids is 8. The quantitative estimate of drug-likeness (QED) is 0.0210. The Bertz CT molecular complexity index is 2190. The van der Waals surface area contributed by atoms with Crippen molar-refractivity contribution in [2.24, 2.45) is 0 Å². The SMILES string of the molecule is CCOC(=O)/C=C/C(=O)O.CCOC(=O)/C=C/C(=O)[O-].CCOC(=O)/C=C/C(=O)[O-].CCOC(=O)/C=C/C(=O)[O-].CCOC(=O)/C=C/C(=O)[O-].CCOC(=O)/C=C/C(=O)[O-].CCOC(=O)/C=C/C(=O)[O-].CCOC([O-])=C=CC(=O)[O-].COC(=O)/C=C/C(=O)OC.[Ca+2].[H+].[H+].[Mg+2].[Zn+2]. The third kappa shape index (κ3) is 133. The standard InChI is InChI=1S/9C6H8O4.Ca.Mg.Zn/c1-9-5(7)3-4-6(8)10-2;8*1-2-10-6(9)4-3-5(7)8;;;/h3-4H,1-2H3;3,9H,2H2,1H3,(H,7,8);7*3-4H,2H2,1H3,(H,7,8);;;/q;;;;;;;;;3*+2/p-6/b4-3+;;7*4-3+;;;. The molecule has 0 rings (SSSR count). The van der Waals surface area contributed by atoms with Crippen LogP contribution in [0.2, 0.25) is 0 Å². The molecule has 39 heteroatoms. The second-order valence-electron chi connectivity index (χ2n) is 12.6. The Morgan fingerprint density at radius 1 is 0.301 bits per heavy atom. The second kappa shape index (κ2) is 84.7. The second-order valence-corrected chi connectivity index (χ2v) is 12.6. The molecule has 0 aromatic rings. The van der Waals surface area contributed by atoms with Crippen molar-refractivity contribution in [3.8, 4) is 0 Å². The molecule has 0 spiro atoms. The van der Waals surface area contributed by atoms with E-state index in [-0.39, 0.29) is 136 Å². The maximum absolute atomic E-state index is 10.4. The molecule has 0 saturated heterocycles. The summed E-state index contributed by atoms with van der Waals surface area (Å²) in [5.74, 6) is -17.7. The summed E-state index contributed by atoms with van der Waals surface area (Å²) in [7, 11) is 2.45. The van der Waals surface area contributed by atoms with Gasteiger partial charge in [0.25, 0.3) is 0 Å². The van der Waals surface area contributed by atoms with Crippen LogP contribution in [0.25, 0.3) is 0 Å². The van der Waals surface area contributed by atoms with Gasteiger partial charge in [-0.25, -0.2) is 47.9 Å². The number of hydrogen-bond donors (Lipinski definition) is 1. The van der Waals surface area contributed by atoms with Gasteiger partial charge in [-0.05, 0) is 91.5 Å². The Morgan fingerprint density at radius 2 is 0.462 bits per heavy atom. The molecular weight excluding hydrogens is 1350 g/mol. The van der Waals surface area contributed by atoms with Gasteiger partial charge in [-0.15, -0.1) is 0 Å². The Labute approximate surface area is 592 Å². The topological polar surface area (TPSA) is 587 Å². The first-order chi connectivity index (χ1) is 42.0. The van der Waals surface area contributed by atoms with Crippen molar-refractivity contribution in [3.05, 3.63) is 115 Å². The van der Waals surface area contributed by atoms with Crippen molar-refractivity contribution in [2.75, 3.05) is 67.1 Å². The minimum atomic E-state index is -1.46. The molecule has 93 heavy (non-hydrogen) atoms. The van der Waals surface area contributed by atoms with Crippen LogP contribution in [0.3, 0.4) is 0 Å². The number of carboxylic acid groups (broad SMARTS) is 8. The molecule has 0 bridgehead atoms. The zero-order chi connectivity index (χ0) is 71.8. The molecule has 1 N–H and O–H groups in total. The van der Waals surface area contributed by atoms with E-state index in [1.165, 1.54) is 14.2 Å². The normalized spacial score (nSPS) is 9.14. The van der Waals surface area contributed by atoms with Crippen LogP contribution in [0.4, 0.5) is 0 Å². The molecule has 0 amide bonds. The average Bonchev–Trinajstić information content (AvgIpc) is 3.46. The van der Waals surface area contributed by atoms with Gasteiger partial charge in [0, 0.05) is 66.8 Å². The summed E-state index contributed by atoms with van der Waals surface area (Å²) in [5.41, 5.74) is 1.83. The maximum atomic E-state index is 10.4. The van der Waals surface area contributed by atoms with Gasteiger partial charge < -0.3 is 127 Å². The Hall–Kier alpha value is -9.32. The van der Waals surface area contributed by atoms with Crippen molar-refractivity contribution < 1.29 is 197 Å². The fraction of sp³-hybridized carbons (Fsp3) is 0.333. The fourth-order valence-corrected chi connectivity index (χ4v) is 2.85. The van der Waals surface area contributed by atoms with E-state index >= 15 is 0 Å². The van der Waals surface area contributed by atoms with Crippen LogP contribution in [-0.4, -0.2) is 234 Å². The summed E-state index contributed by atoms with van der Waals surface area (Å²) in [6.45, 7) is 14.9. The molecule has 0 fully saturated rings. The minimum Gasteiger partial charge on any atom is -0.608 e. The van der Waals surface area contributed by atoms with E-state index in [1.54, 1.807) is 55.4 Å². The summed E-state index contributed by atoms with van der Waals surface area (Å²) < 4.78 is 43.4. The molecule has 0 aromatic carbocycles. The molecule has 0 aliphatic rings. The Morgan fingerprint density at radius 3 is 0.591 bits per heavy atom. The average molecular weight is 1420 g/mol. The largest absolute Gasteiger partial charge is 2.00 e. The molecule has 0 aliphatic carbocycles. The number of methoxy groups -OCH3 is 2. The van der Waals surface area contributed by atoms with Gasteiger partial charge in [0.05, 0.1) is 108 Å². The minimum absolute atomic E-state index is 0. The molecule has 0 heterocycles. The Balaban J connectivity index is -0.0000000643. The van der Waals surface area contributed by atoms with E-state index in [9.17, 15) is 122 Å². The first-order valence-corrected chi connectivity index (χ1v) is 24.3. The molecule has 36 nitrogen and oxygen atoms in total. The van der Waals surface area contributed by atoms with Crippen LogP contribution < -0.4 is 40.9 Å². The van der Waals surface area contributed by atoms with Crippen molar-refractivity contribution in [1.82, 2.24) is 0 Å². The van der Waals surface area contributed by atoms with Gasteiger partial charge in [-0.1, -0.05) is 12.7 Å². The van der Waals surface area contributed by atoms with Gasteiger partial charge >= 0.3 is 143 Å². The number of carbonyl (C=O) groups is 17. The summed E-state index contributed by atoms with van der Waals surface area (Å²) in [4.78, 5) is 171. The number of rotatable bonds is 26. The summed E-state index contributed by atoms with van der Waals surface area (Å²) >= 11 is 0. The number of aliphatic carboxylic acids is 8. The maximum Gasteiger partial charge on any atom is 2.00 e. The number of ether oxygens (including phenoxy) is 10. The summed E-state index contributed by atoms with van der Waals surface area (Å²) in [5, 5.41) is 86.2. The molecule has 504 valence electrons. The molecular formula is C54H66CaMgO36Zn. The predicted molar refractivity (Wildman–Crippen MR) is 293 cm³/mol. The van der Waals surface area contributed by atoms with Crippen molar-refractivity contribution in [2.45, 2.75) is 55.4 Å². The molecule has 0 unspecified atom stereocenters. The van der Waals surface area contributed by atoms with Crippen molar-refractivity contribution in [1.29, 1.82) is 0 Å². The van der Waals surface area contributed by atoms with Crippen LogP contribution in [0.5, 0.6) is 0 Å². The van der Waals surface area contributed by atoms with E-state index in [0.717, 1.165) is 60.8 Å². The first kappa shape index (κ1) is 111.